The average molecular weight is 535 g/mol. The molecule has 8 heteroatoms. The number of urea groups is 1. The lowest BCUT2D eigenvalue weighted by molar-refractivity contribution is -0.140. The Bertz CT molecular complexity index is 1100. The van der Waals surface area contributed by atoms with Crippen LogP contribution in [0.3, 0.4) is 0 Å². The first-order valence-electron chi connectivity index (χ1n) is 13.2. The molecule has 3 unspecified atom stereocenters. The third-order valence-corrected chi connectivity index (χ3v) is 8.44. The summed E-state index contributed by atoms with van der Waals surface area (Å²) in [7, 11) is 0. The Hall–Kier alpha value is -2.25. The van der Waals surface area contributed by atoms with E-state index in [-0.39, 0.29) is 23.2 Å². The number of halogens is 4. The van der Waals surface area contributed by atoms with Crippen LogP contribution in [0.5, 0.6) is 0 Å². The van der Waals surface area contributed by atoms with Crippen LogP contribution in [0.4, 0.5) is 18.0 Å². The maximum Gasteiger partial charge on any atom is 0.416 e. The van der Waals surface area contributed by atoms with Gasteiger partial charge in [-0.05, 0) is 79.2 Å². The van der Waals surface area contributed by atoms with E-state index < -0.39 is 17.8 Å². The lowest BCUT2D eigenvalue weighted by Gasteiger charge is -2.51. The Morgan fingerprint density at radius 3 is 2.27 bits per heavy atom. The zero-order valence-electron chi connectivity index (χ0n) is 21.2. The molecule has 3 fully saturated rings. The number of carbonyl (C=O) groups excluding carboxylic acids is 1. The molecule has 0 radical (unpaired) electrons. The first-order valence-corrected chi connectivity index (χ1v) is 13.5. The first-order chi connectivity index (χ1) is 17.5. The van der Waals surface area contributed by atoms with E-state index >= 15 is 0 Å². The molecule has 1 heterocycles. The summed E-state index contributed by atoms with van der Waals surface area (Å²) in [6.07, 6.45) is -0.312. The average Bonchev–Trinajstić information content (AvgIpc) is 2.77. The number of amides is 2. The maximum atomic E-state index is 13.8. The largest absolute Gasteiger partial charge is 0.416 e. The van der Waals surface area contributed by atoms with Gasteiger partial charge in [0.05, 0.1) is 24.8 Å². The van der Waals surface area contributed by atoms with Crippen LogP contribution < -0.4 is 5.32 Å². The molecule has 1 aliphatic heterocycles. The summed E-state index contributed by atoms with van der Waals surface area (Å²) in [5.74, 6) is 1.84. The summed E-state index contributed by atoms with van der Waals surface area (Å²) in [6, 6.07) is 12.1. The minimum Gasteiger partial charge on any atom is -0.362 e. The van der Waals surface area contributed by atoms with Crippen molar-refractivity contribution >= 4 is 17.6 Å². The van der Waals surface area contributed by atoms with Crippen molar-refractivity contribution < 1.29 is 22.7 Å². The van der Waals surface area contributed by atoms with E-state index in [0.717, 1.165) is 25.3 Å². The minimum atomic E-state index is -4.51. The Labute approximate surface area is 221 Å². The lowest BCUT2D eigenvalue weighted by atomic mass is 9.61. The standard InChI is InChI=1S/C29H34ClF3N2O2/c1-18-11-20-12-19(2)14-28(13-18,15-20)34-27(36)35-16-23(17-35)37-26(21-7-9-22(30)10-8-21)24-5-3-4-6-25(24)29(31,32)33/h3-10,18-20,23,26H,11-17H2,1-2H3,(H,34,36). The summed E-state index contributed by atoms with van der Waals surface area (Å²) in [5, 5.41) is 3.86. The van der Waals surface area contributed by atoms with Gasteiger partial charge in [-0.15, -0.1) is 0 Å². The number of carbonyl (C=O) groups is 1. The van der Waals surface area contributed by atoms with Crippen molar-refractivity contribution in [2.45, 2.75) is 69.9 Å². The van der Waals surface area contributed by atoms with Crippen molar-refractivity contribution in [3.63, 3.8) is 0 Å². The quantitative estimate of drug-likeness (QED) is 0.432. The molecular weight excluding hydrogens is 501 g/mol. The highest BCUT2D eigenvalue weighted by Crippen LogP contribution is 2.47. The molecule has 1 N–H and O–H groups in total. The molecular formula is C29H34ClF3N2O2. The van der Waals surface area contributed by atoms with Crippen molar-refractivity contribution in [1.82, 2.24) is 10.2 Å². The summed E-state index contributed by atoms with van der Waals surface area (Å²) in [5.41, 5.74) is -0.241. The lowest BCUT2D eigenvalue weighted by Crippen LogP contribution is -2.64. The van der Waals surface area contributed by atoms with Crippen LogP contribution in [-0.4, -0.2) is 35.7 Å². The van der Waals surface area contributed by atoms with Gasteiger partial charge in [-0.3, -0.25) is 0 Å². The Morgan fingerprint density at radius 1 is 1.03 bits per heavy atom. The second-order valence-corrected chi connectivity index (χ2v) is 12.0. The number of rotatable bonds is 5. The van der Waals surface area contributed by atoms with E-state index in [1.165, 1.54) is 25.0 Å². The zero-order chi connectivity index (χ0) is 26.4. The van der Waals surface area contributed by atoms with Gasteiger partial charge in [-0.2, -0.15) is 13.2 Å². The van der Waals surface area contributed by atoms with Crippen LogP contribution in [0.1, 0.15) is 68.7 Å². The van der Waals surface area contributed by atoms with Crippen molar-refractivity contribution in [1.29, 1.82) is 0 Å². The topological polar surface area (TPSA) is 41.6 Å². The van der Waals surface area contributed by atoms with Crippen molar-refractivity contribution in [3.05, 3.63) is 70.2 Å². The molecule has 2 bridgehead atoms. The summed E-state index contributed by atoms with van der Waals surface area (Å²) < 4.78 is 47.7. The highest BCUT2D eigenvalue weighted by Gasteiger charge is 2.47. The van der Waals surface area contributed by atoms with Crippen molar-refractivity contribution in [2.75, 3.05) is 13.1 Å². The van der Waals surface area contributed by atoms with Gasteiger partial charge < -0.3 is 15.0 Å². The SMILES string of the molecule is CC1CC2CC(C)CC(NC(=O)N3CC(OC(c4ccc(Cl)cc4)c4ccccc4C(F)(F)F)C3)(C1)C2. The predicted octanol–water partition coefficient (Wildman–Crippen LogP) is 7.46. The van der Waals surface area contributed by atoms with Crippen LogP contribution in [0.2, 0.25) is 5.02 Å². The van der Waals surface area contributed by atoms with E-state index in [1.807, 2.05) is 0 Å². The molecule has 0 aromatic heterocycles. The molecule has 200 valence electrons. The van der Waals surface area contributed by atoms with Crippen LogP contribution >= 0.6 is 11.6 Å². The smallest absolute Gasteiger partial charge is 0.362 e. The number of likely N-dealkylation sites (tertiary alicyclic amines) is 1. The maximum absolute atomic E-state index is 13.8. The number of hydrogen-bond donors (Lipinski definition) is 1. The van der Waals surface area contributed by atoms with Gasteiger partial charge in [-0.1, -0.05) is 55.8 Å². The van der Waals surface area contributed by atoms with E-state index in [9.17, 15) is 18.0 Å². The molecule has 2 saturated carbocycles. The van der Waals surface area contributed by atoms with Gasteiger partial charge in [0.15, 0.2) is 0 Å². The van der Waals surface area contributed by atoms with Gasteiger partial charge in [0.1, 0.15) is 6.10 Å². The molecule has 3 atom stereocenters. The van der Waals surface area contributed by atoms with Crippen LogP contribution in [0.15, 0.2) is 48.5 Å². The fourth-order valence-corrected chi connectivity index (χ4v) is 7.12. The predicted molar refractivity (Wildman–Crippen MR) is 137 cm³/mol. The van der Waals surface area contributed by atoms with Crippen LogP contribution in [0, 0.1) is 17.8 Å². The van der Waals surface area contributed by atoms with Gasteiger partial charge in [0.2, 0.25) is 0 Å². The Balaban J connectivity index is 1.29. The second kappa shape index (κ2) is 10.1. The monoisotopic (exact) mass is 534 g/mol. The van der Waals surface area contributed by atoms with Crippen LogP contribution in [-0.2, 0) is 10.9 Å². The summed E-state index contributed by atoms with van der Waals surface area (Å²) in [6.45, 7) is 5.22. The molecule has 37 heavy (non-hydrogen) atoms. The minimum absolute atomic E-state index is 0.0533. The molecule has 2 aromatic carbocycles. The highest BCUT2D eigenvalue weighted by atomic mass is 35.5. The van der Waals surface area contributed by atoms with Crippen molar-refractivity contribution in [3.8, 4) is 0 Å². The third kappa shape index (κ3) is 5.78. The molecule has 1 saturated heterocycles. The highest BCUT2D eigenvalue weighted by molar-refractivity contribution is 6.30. The van der Waals surface area contributed by atoms with E-state index in [2.05, 4.69) is 19.2 Å². The fourth-order valence-electron chi connectivity index (χ4n) is 7.00. The first kappa shape index (κ1) is 26.4. The molecule has 5 rings (SSSR count). The number of nitrogens with zero attached hydrogens (tertiary/aromatic N) is 1. The summed E-state index contributed by atoms with van der Waals surface area (Å²) >= 11 is 6.03. The van der Waals surface area contributed by atoms with E-state index in [0.29, 0.717) is 41.4 Å². The Kier molecular flexibility index (Phi) is 7.22. The molecule has 3 aliphatic rings. The van der Waals surface area contributed by atoms with Crippen molar-refractivity contribution in [2.24, 2.45) is 17.8 Å². The van der Waals surface area contributed by atoms with Gasteiger partial charge in [0.25, 0.3) is 0 Å². The molecule has 2 amide bonds. The van der Waals surface area contributed by atoms with Gasteiger partial charge >= 0.3 is 12.2 Å². The number of hydrogen-bond acceptors (Lipinski definition) is 2. The zero-order valence-corrected chi connectivity index (χ0v) is 22.0. The Morgan fingerprint density at radius 2 is 1.65 bits per heavy atom. The second-order valence-electron chi connectivity index (χ2n) is 11.6. The van der Waals surface area contributed by atoms with Gasteiger partial charge in [-0.25, -0.2) is 4.79 Å². The molecule has 2 aromatic rings. The number of alkyl halides is 3. The third-order valence-electron chi connectivity index (χ3n) is 8.19. The number of fused-ring (bicyclic) bond motifs is 2. The molecule has 0 spiro atoms. The summed E-state index contributed by atoms with van der Waals surface area (Å²) in [4.78, 5) is 14.9. The van der Waals surface area contributed by atoms with E-state index in [4.69, 9.17) is 16.3 Å². The molecule has 4 nitrogen and oxygen atoms in total. The fraction of sp³-hybridized carbons (Fsp3) is 0.552. The molecule has 2 aliphatic carbocycles. The number of nitrogens with one attached hydrogen (secondary N) is 1. The van der Waals surface area contributed by atoms with E-state index in [1.54, 1.807) is 35.2 Å². The van der Waals surface area contributed by atoms with Crippen LogP contribution in [0.25, 0.3) is 0 Å². The van der Waals surface area contributed by atoms with Gasteiger partial charge in [0, 0.05) is 10.6 Å². The normalized spacial score (nSPS) is 28.9. The number of benzene rings is 2. The number of ether oxygens (including phenoxy) is 1.